The molecule has 2 saturated heterocycles. The predicted molar refractivity (Wildman–Crippen MR) is 122 cm³/mol. The van der Waals surface area contributed by atoms with Crippen LogP contribution in [0.3, 0.4) is 0 Å². The minimum Gasteiger partial charge on any atom is -0.479 e. The van der Waals surface area contributed by atoms with E-state index in [0.29, 0.717) is 55.9 Å². The van der Waals surface area contributed by atoms with Crippen LogP contribution >= 0.6 is 0 Å². The molecule has 0 N–H and O–H groups in total. The summed E-state index contributed by atoms with van der Waals surface area (Å²) in [7, 11) is 3.41. The van der Waals surface area contributed by atoms with Gasteiger partial charge in [0.1, 0.15) is 5.75 Å². The number of nitrogens with zero attached hydrogens (tertiary/aromatic N) is 5. The van der Waals surface area contributed by atoms with Crippen molar-refractivity contribution < 1.29 is 23.5 Å². The van der Waals surface area contributed by atoms with Crippen LogP contribution in [0.25, 0.3) is 0 Å². The van der Waals surface area contributed by atoms with E-state index in [-0.39, 0.29) is 23.6 Å². The van der Waals surface area contributed by atoms with Crippen molar-refractivity contribution >= 4 is 23.3 Å². The lowest BCUT2D eigenvalue weighted by molar-refractivity contribution is -0.133. The summed E-state index contributed by atoms with van der Waals surface area (Å²) in [6.45, 7) is 1.94. The third kappa shape index (κ3) is 4.62. The first kappa shape index (κ1) is 22.4. The lowest BCUT2D eigenvalue weighted by atomic mass is 9.98. The van der Waals surface area contributed by atoms with Gasteiger partial charge in [-0.25, -0.2) is 14.4 Å². The molecule has 1 aliphatic carbocycles. The molecular weight excluding hydrogens is 441 g/mol. The minimum atomic E-state index is -0.670. The van der Waals surface area contributed by atoms with Crippen LogP contribution in [-0.4, -0.2) is 73.1 Å². The van der Waals surface area contributed by atoms with Gasteiger partial charge in [0.25, 0.3) is 5.91 Å². The Morgan fingerprint density at radius 1 is 1.18 bits per heavy atom. The molecule has 2 aromatic heterocycles. The number of pyridine rings is 2. The largest absolute Gasteiger partial charge is 0.479 e. The molecule has 2 amide bonds. The summed E-state index contributed by atoms with van der Waals surface area (Å²) in [6, 6.07) is 4.79. The van der Waals surface area contributed by atoms with Gasteiger partial charge in [-0.15, -0.1) is 0 Å². The number of hydrogen-bond donors (Lipinski definition) is 0. The van der Waals surface area contributed by atoms with Crippen LogP contribution in [-0.2, 0) is 9.59 Å². The number of anilines is 2. The van der Waals surface area contributed by atoms with Gasteiger partial charge in [0.2, 0.25) is 11.8 Å². The average Bonchev–Trinajstić information content (AvgIpc) is 3.56. The summed E-state index contributed by atoms with van der Waals surface area (Å²) >= 11 is 0. The van der Waals surface area contributed by atoms with Gasteiger partial charge in [0, 0.05) is 52.3 Å². The molecule has 2 aromatic rings. The van der Waals surface area contributed by atoms with Crippen molar-refractivity contribution in [2.45, 2.75) is 25.4 Å². The zero-order valence-corrected chi connectivity index (χ0v) is 19.3. The summed E-state index contributed by atoms with van der Waals surface area (Å²) in [5.74, 6) is 0.974. The van der Waals surface area contributed by atoms with E-state index in [1.165, 1.54) is 30.0 Å². The van der Waals surface area contributed by atoms with E-state index in [2.05, 4.69) is 9.97 Å². The Bertz CT molecular complexity index is 1070. The van der Waals surface area contributed by atoms with E-state index in [1.54, 1.807) is 42.2 Å². The number of rotatable bonds is 8. The number of hydrogen-bond acceptors (Lipinski definition) is 7. The SMILES string of the molecule is CN(C)C(=O)C1CN(c2ncc(N3CC[C@@H](Oc4ccc(OCC5CC5)nc4)C3=O)cc2F)C1. The van der Waals surface area contributed by atoms with E-state index >= 15 is 0 Å². The molecule has 0 unspecified atom stereocenters. The van der Waals surface area contributed by atoms with Gasteiger partial charge in [0.05, 0.1) is 30.6 Å². The smallest absolute Gasteiger partial charge is 0.268 e. The number of carbonyl (C=O) groups excluding carboxylic acids is 2. The van der Waals surface area contributed by atoms with Crippen LogP contribution in [0.1, 0.15) is 19.3 Å². The Hall–Kier alpha value is -3.43. The van der Waals surface area contributed by atoms with Crippen molar-refractivity contribution in [1.29, 1.82) is 0 Å². The highest BCUT2D eigenvalue weighted by molar-refractivity contribution is 5.99. The Morgan fingerprint density at radius 3 is 2.62 bits per heavy atom. The molecule has 1 atom stereocenters. The maximum Gasteiger partial charge on any atom is 0.268 e. The fourth-order valence-corrected chi connectivity index (χ4v) is 4.17. The predicted octanol–water partition coefficient (Wildman–Crippen LogP) is 2.11. The molecule has 10 heteroatoms. The van der Waals surface area contributed by atoms with Crippen LogP contribution in [0.15, 0.2) is 30.6 Å². The summed E-state index contributed by atoms with van der Waals surface area (Å²) in [6.07, 6.45) is 5.27. The number of amides is 2. The minimum absolute atomic E-state index is 0.0256. The van der Waals surface area contributed by atoms with Gasteiger partial charge in [-0.3, -0.25) is 9.59 Å². The highest BCUT2D eigenvalue weighted by Crippen LogP contribution is 2.31. The van der Waals surface area contributed by atoms with Crippen LogP contribution in [0, 0.1) is 17.7 Å². The number of carbonyl (C=O) groups is 2. The molecule has 3 fully saturated rings. The fourth-order valence-electron chi connectivity index (χ4n) is 4.17. The third-order valence-electron chi connectivity index (χ3n) is 6.40. The second-order valence-electron chi connectivity index (χ2n) is 9.31. The fraction of sp³-hybridized carbons (Fsp3) is 0.500. The highest BCUT2D eigenvalue weighted by atomic mass is 19.1. The molecule has 9 nitrogen and oxygen atoms in total. The quantitative estimate of drug-likeness (QED) is 0.585. The van der Waals surface area contributed by atoms with Crippen LogP contribution < -0.4 is 19.3 Å². The van der Waals surface area contributed by atoms with Crippen molar-refractivity contribution in [2.24, 2.45) is 11.8 Å². The van der Waals surface area contributed by atoms with Gasteiger partial charge < -0.3 is 24.2 Å². The molecule has 0 radical (unpaired) electrons. The van der Waals surface area contributed by atoms with E-state index in [1.807, 2.05) is 0 Å². The van der Waals surface area contributed by atoms with Crippen molar-refractivity contribution in [3.8, 4) is 11.6 Å². The van der Waals surface area contributed by atoms with Gasteiger partial charge >= 0.3 is 0 Å². The molecule has 0 aromatic carbocycles. The molecule has 0 spiro atoms. The summed E-state index contributed by atoms with van der Waals surface area (Å²) < 4.78 is 26.3. The van der Waals surface area contributed by atoms with Crippen molar-refractivity contribution in [1.82, 2.24) is 14.9 Å². The van der Waals surface area contributed by atoms with Crippen molar-refractivity contribution in [2.75, 3.05) is 50.1 Å². The lowest BCUT2D eigenvalue weighted by Gasteiger charge is -2.40. The summed E-state index contributed by atoms with van der Waals surface area (Å²) in [4.78, 5) is 38.1. The molecule has 2 aliphatic heterocycles. The molecule has 34 heavy (non-hydrogen) atoms. The van der Waals surface area contributed by atoms with E-state index in [0.717, 1.165) is 0 Å². The number of halogens is 1. The Morgan fingerprint density at radius 2 is 1.97 bits per heavy atom. The van der Waals surface area contributed by atoms with Crippen LogP contribution in [0.4, 0.5) is 15.9 Å². The van der Waals surface area contributed by atoms with E-state index in [4.69, 9.17) is 9.47 Å². The molecule has 1 saturated carbocycles. The third-order valence-corrected chi connectivity index (χ3v) is 6.40. The van der Waals surface area contributed by atoms with Gasteiger partial charge in [0.15, 0.2) is 17.7 Å². The summed E-state index contributed by atoms with van der Waals surface area (Å²) in [5, 5.41) is 0. The normalized spacial score (nSPS) is 20.3. The van der Waals surface area contributed by atoms with Crippen molar-refractivity contribution in [3.05, 3.63) is 36.4 Å². The first-order valence-corrected chi connectivity index (χ1v) is 11.6. The maximum atomic E-state index is 14.8. The molecular formula is C24H28FN5O4. The van der Waals surface area contributed by atoms with Crippen LogP contribution in [0.2, 0.25) is 0 Å². The molecule has 5 rings (SSSR count). The molecule has 0 bridgehead atoms. The molecule has 3 aliphatic rings. The second kappa shape index (κ2) is 9.08. The first-order chi connectivity index (χ1) is 16.4. The maximum absolute atomic E-state index is 14.8. The molecule has 4 heterocycles. The lowest BCUT2D eigenvalue weighted by Crippen LogP contribution is -2.54. The zero-order chi connectivity index (χ0) is 23.8. The monoisotopic (exact) mass is 469 g/mol. The average molecular weight is 470 g/mol. The van der Waals surface area contributed by atoms with Crippen LogP contribution in [0.5, 0.6) is 11.6 Å². The summed E-state index contributed by atoms with van der Waals surface area (Å²) in [5.41, 5.74) is 0.390. The topological polar surface area (TPSA) is 88.1 Å². The van der Waals surface area contributed by atoms with E-state index in [9.17, 15) is 14.0 Å². The highest BCUT2D eigenvalue weighted by Gasteiger charge is 2.37. The Balaban J connectivity index is 1.17. The van der Waals surface area contributed by atoms with Crippen molar-refractivity contribution in [3.63, 3.8) is 0 Å². The van der Waals surface area contributed by atoms with Gasteiger partial charge in [-0.05, 0) is 24.8 Å². The zero-order valence-electron chi connectivity index (χ0n) is 19.3. The Kier molecular flexibility index (Phi) is 5.97. The van der Waals surface area contributed by atoms with Gasteiger partial charge in [-0.1, -0.05) is 0 Å². The first-order valence-electron chi connectivity index (χ1n) is 11.6. The Labute approximate surface area is 197 Å². The van der Waals surface area contributed by atoms with E-state index < -0.39 is 11.9 Å². The number of aromatic nitrogens is 2. The second-order valence-corrected chi connectivity index (χ2v) is 9.31. The van der Waals surface area contributed by atoms with Gasteiger partial charge in [-0.2, -0.15) is 0 Å². The molecule has 180 valence electrons. The standard InChI is InChI=1S/C24H28FN5O4/c1-28(2)23(31)16-12-29(13-16)22-19(25)9-17(10-27-22)30-8-7-20(24(30)32)34-18-5-6-21(26-11-18)33-14-15-3-4-15/h5-6,9-11,15-16,20H,3-4,7-8,12-14H2,1-2H3/t20-/m1/s1. The number of ether oxygens (including phenoxy) is 2.